The maximum absolute atomic E-state index is 10.8. The third kappa shape index (κ3) is 2.71. The van der Waals surface area contributed by atoms with Gasteiger partial charge in [-0.25, -0.2) is 4.79 Å². The van der Waals surface area contributed by atoms with E-state index in [1.807, 2.05) is 6.07 Å². The Kier molecular flexibility index (Phi) is 3.69. The number of nitrogens with zero attached hydrogens (tertiary/aromatic N) is 1. The summed E-state index contributed by atoms with van der Waals surface area (Å²) >= 11 is 0. The molecule has 1 aromatic carbocycles. The Labute approximate surface area is 87.7 Å². The third-order valence-corrected chi connectivity index (χ3v) is 1.99. The van der Waals surface area contributed by atoms with E-state index >= 15 is 0 Å². The van der Waals surface area contributed by atoms with E-state index in [-0.39, 0.29) is 18.6 Å². The van der Waals surface area contributed by atoms with Gasteiger partial charge in [-0.2, -0.15) is 5.26 Å². The van der Waals surface area contributed by atoms with Gasteiger partial charge in [-0.15, -0.1) is 0 Å². The molecule has 0 spiro atoms. The van der Waals surface area contributed by atoms with E-state index in [1.165, 1.54) is 6.07 Å². The minimum Gasteiger partial charge on any atom is -0.492 e. The molecule has 1 N–H and O–H groups in total. The van der Waals surface area contributed by atoms with Crippen molar-refractivity contribution in [3.05, 3.63) is 29.3 Å². The molecule has 0 fully saturated rings. The fraction of sp³-hybridized carbons (Fsp3) is 0.273. The fourth-order valence-corrected chi connectivity index (χ4v) is 1.21. The molecule has 15 heavy (non-hydrogen) atoms. The number of nitriles is 1. The molecule has 1 rings (SSSR count). The van der Waals surface area contributed by atoms with Crippen LogP contribution in [-0.2, 0) is 0 Å². The molecule has 0 aromatic heterocycles. The number of rotatable bonds is 4. The van der Waals surface area contributed by atoms with Crippen molar-refractivity contribution < 1.29 is 14.6 Å². The standard InChI is InChI=1S/C11H11NO3/c1-8-9(11(13)14)4-2-5-10(8)15-7-3-6-12/h2,4-5H,3,7H2,1H3,(H,13,14). The minimum atomic E-state index is -0.974. The van der Waals surface area contributed by atoms with E-state index in [1.54, 1.807) is 19.1 Å². The second kappa shape index (κ2) is 5.01. The van der Waals surface area contributed by atoms with E-state index in [0.29, 0.717) is 11.3 Å². The van der Waals surface area contributed by atoms with Crippen LogP contribution in [0.15, 0.2) is 18.2 Å². The number of ether oxygens (including phenoxy) is 1. The number of carbonyl (C=O) groups is 1. The van der Waals surface area contributed by atoms with Crippen LogP contribution in [0.4, 0.5) is 0 Å². The minimum absolute atomic E-state index is 0.226. The molecule has 0 aliphatic rings. The first kappa shape index (κ1) is 11.1. The topological polar surface area (TPSA) is 70.3 Å². The molecule has 0 atom stereocenters. The van der Waals surface area contributed by atoms with Gasteiger partial charge in [0.05, 0.1) is 18.1 Å². The summed E-state index contributed by atoms with van der Waals surface area (Å²) in [6.07, 6.45) is 0.288. The molecule has 0 amide bonds. The van der Waals surface area contributed by atoms with Crippen molar-refractivity contribution in [3.8, 4) is 11.8 Å². The van der Waals surface area contributed by atoms with Crippen molar-refractivity contribution in [1.29, 1.82) is 5.26 Å². The van der Waals surface area contributed by atoms with Crippen molar-refractivity contribution in [1.82, 2.24) is 0 Å². The first-order valence-corrected chi connectivity index (χ1v) is 4.49. The van der Waals surface area contributed by atoms with Crippen LogP contribution in [0.3, 0.4) is 0 Å². The van der Waals surface area contributed by atoms with Gasteiger partial charge in [0.25, 0.3) is 0 Å². The lowest BCUT2D eigenvalue weighted by Crippen LogP contribution is -2.03. The number of hydrogen-bond acceptors (Lipinski definition) is 3. The smallest absolute Gasteiger partial charge is 0.336 e. The van der Waals surface area contributed by atoms with Crippen molar-refractivity contribution in [2.45, 2.75) is 13.3 Å². The summed E-state index contributed by atoms with van der Waals surface area (Å²) in [6.45, 7) is 1.96. The zero-order valence-electron chi connectivity index (χ0n) is 8.36. The summed E-state index contributed by atoms with van der Waals surface area (Å²) in [6, 6.07) is 6.79. The molecule has 0 heterocycles. The van der Waals surface area contributed by atoms with Crippen LogP contribution in [0.2, 0.25) is 0 Å². The average molecular weight is 205 g/mol. The number of carboxylic acid groups (broad SMARTS) is 1. The van der Waals surface area contributed by atoms with Gasteiger partial charge in [-0.1, -0.05) is 6.07 Å². The van der Waals surface area contributed by atoms with Crippen LogP contribution >= 0.6 is 0 Å². The van der Waals surface area contributed by atoms with Gasteiger partial charge in [0, 0.05) is 5.56 Å². The van der Waals surface area contributed by atoms with Crippen LogP contribution in [0, 0.1) is 18.3 Å². The highest BCUT2D eigenvalue weighted by Crippen LogP contribution is 2.21. The first-order valence-electron chi connectivity index (χ1n) is 4.49. The molecule has 0 bridgehead atoms. The molecular weight excluding hydrogens is 194 g/mol. The monoisotopic (exact) mass is 205 g/mol. The van der Waals surface area contributed by atoms with Gasteiger partial charge in [0.15, 0.2) is 0 Å². The van der Waals surface area contributed by atoms with Gasteiger partial charge in [0.1, 0.15) is 12.4 Å². The normalized spacial score (nSPS) is 9.33. The Morgan fingerprint density at radius 3 is 2.93 bits per heavy atom. The molecule has 0 saturated heterocycles. The Hall–Kier alpha value is -2.02. The number of aromatic carboxylic acids is 1. The Morgan fingerprint density at radius 1 is 1.60 bits per heavy atom. The zero-order valence-corrected chi connectivity index (χ0v) is 8.36. The Balaban J connectivity index is 2.86. The number of hydrogen-bond donors (Lipinski definition) is 1. The lowest BCUT2D eigenvalue weighted by atomic mass is 10.1. The van der Waals surface area contributed by atoms with Crippen molar-refractivity contribution in [2.24, 2.45) is 0 Å². The van der Waals surface area contributed by atoms with Gasteiger partial charge in [-0.05, 0) is 19.1 Å². The zero-order chi connectivity index (χ0) is 11.3. The fourth-order valence-electron chi connectivity index (χ4n) is 1.21. The number of benzene rings is 1. The van der Waals surface area contributed by atoms with Gasteiger partial charge in [0.2, 0.25) is 0 Å². The molecule has 4 heteroatoms. The lowest BCUT2D eigenvalue weighted by molar-refractivity contribution is 0.0695. The van der Waals surface area contributed by atoms with Crippen molar-refractivity contribution in [3.63, 3.8) is 0 Å². The second-order valence-corrected chi connectivity index (χ2v) is 2.99. The Morgan fingerprint density at radius 2 is 2.33 bits per heavy atom. The molecule has 4 nitrogen and oxygen atoms in total. The SMILES string of the molecule is Cc1c(OCCC#N)cccc1C(=O)O. The van der Waals surface area contributed by atoms with Crippen LogP contribution in [0.1, 0.15) is 22.3 Å². The van der Waals surface area contributed by atoms with Crippen LogP contribution < -0.4 is 4.74 Å². The summed E-state index contributed by atoms with van der Waals surface area (Å²) < 4.78 is 5.28. The average Bonchev–Trinajstić information content (AvgIpc) is 2.20. The molecule has 78 valence electrons. The number of carboxylic acids is 1. The van der Waals surface area contributed by atoms with Gasteiger partial charge in [-0.3, -0.25) is 0 Å². The van der Waals surface area contributed by atoms with E-state index in [9.17, 15) is 4.79 Å². The second-order valence-electron chi connectivity index (χ2n) is 2.99. The molecular formula is C11H11NO3. The van der Waals surface area contributed by atoms with E-state index in [0.717, 1.165) is 0 Å². The molecule has 1 aromatic rings. The highest BCUT2D eigenvalue weighted by atomic mass is 16.5. The molecule has 0 aliphatic carbocycles. The largest absolute Gasteiger partial charge is 0.492 e. The van der Waals surface area contributed by atoms with Crippen molar-refractivity contribution in [2.75, 3.05) is 6.61 Å². The summed E-state index contributed by atoms with van der Waals surface area (Å²) in [5.41, 5.74) is 0.812. The molecule has 0 saturated carbocycles. The third-order valence-electron chi connectivity index (χ3n) is 1.99. The van der Waals surface area contributed by atoms with Gasteiger partial charge < -0.3 is 9.84 Å². The predicted molar refractivity (Wildman–Crippen MR) is 53.9 cm³/mol. The summed E-state index contributed by atoms with van der Waals surface area (Å²) in [5.74, 6) is -0.455. The van der Waals surface area contributed by atoms with Crippen LogP contribution in [0.5, 0.6) is 5.75 Å². The summed E-state index contributed by atoms with van der Waals surface area (Å²) in [5, 5.41) is 17.2. The van der Waals surface area contributed by atoms with E-state index < -0.39 is 5.97 Å². The quantitative estimate of drug-likeness (QED) is 0.763. The Bertz CT molecular complexity index is 407. The summed E-state index contributed by atoms with van der Waals surface area (Å²) in [4.78, 5) is 10.8. The van der Waals surface area contributed by atoms with E-state index in [4.69, 9.17) is 15.1 Å². The first-order chi connectivity index (χ1) is 7.16. The van der Waals surface area contributed by atoms with E-state index in [2.05, 4.69) is 0 Å². The van der Waals surface area contributed by atoms with Crippen molar-refractivity contribution >= 4 is 5.97 Å². The highest BCUT2D eigenvalue weighted by Gasteiger charge is 2.10. The predicted octanol–water partition coefficient (Wildman–Crippen LogP) is 1.99. The summed E-state index contributed by atoms with van der Waals surface area (Å²) in [7, 11) is 0. The maximum atomic E-state index is 10.8. The molecule has 0 aliphatic heterocycles. The van der Waals surface area contributed by atoms with Crippen LogP contribution in [-0.4, -0.2) is 17.7 Å². The maximum Gasteiger partial charge on any atom is 0.336 e. The molecule has 0 unspecified atom stereocenters. The lowest BCUT2D eigenvalue weighted by Gasteiger charge is -2.09. The highest BCUT2D eigenvalue weighted by molar-refractivity contribution is 5.90. The van der Waals surface area contributed by atoms with Gasteiger partial charge >= 0.3 is 5.97 Å². The molecule has 0 radical (unpaired) electrons. The van der Waals surface area contributed by atoms with Crippen LogP contribution in [0.25, 0.3) is 0 Å².